The van der Waals surface area contributed by atoms with Crippen LogP contribution in [0.5, 0.6) is 5.75 Å². The van der Waals surface area contributed by atoms with Crippen molar-refractivity contribution in [3.63, 3.8) is 0 Å². The van der Waals surface area contributed by atoms with E-state index in [0.717, 1.165) is 5.82 Å². The minimum absolute atomic E-state index is 0.366. The van der Waals surface area contributed by atoms with Crippen molar-refractivity contribution in [2.24, 2.45) is 7.05 Å². The van der Waals surface area contributed by atoms with Crippen molar-refractivity contribution in [1.82, 2.24) is 14.8 Å². The molecule has 5 nitrogen and oxygen atoms in total. The first kappa shape index (κ1) is 9.51. The molecule has 2 aromatic rings. The van der Waals surface area contributed by atoms with Crippen LogP contribution in [0.4, 0.5) is 5.69 Å². The van der Waals surface area contributed by atoms with Crippen LogP contribution in [0.25, 0.3) is 0 Å². The number of nitrogens with zero attached hydrogens (tertiary/aromatic N) is 3. The van der Waals surface area contributed by atoms with Crippen LogP contribution in [-0.2, 0) is 13.7 Å². The van der Waals surface area contributed by atoms with E-state index in [1.165, 1.54) is 0 Å². The molecule has 0 saturated heterocycles. The van der Waals surface area contributed by atoms with Crippen LogP contribution in [0.2, 0.25) is 0 Å². The molecule has 1 heterocycles. The van der Waals surface area contributed by atoms with E-state index in [0.29, 0.717) is 18.0 Å². The van der Waals surface area contributed by atoms with E-state index >= 15 is 0 Å². The van der Waals surface area contributed by atoms with Gasteiger partial charge in [-0.2, -0.15) is 0 Å². The molecule has 15 heavy (non-hydrogen) atoms. The lowest BCUT2D eigenvalue weighted by atomic mass is 10.3. The minimum Gasteiger partial charge on any atom is -0.483 e. The fourth-order valence-corrected chi connectivity index (χ4v) is 1.19. The Kier molecular flexibility index (Phi) is 2.53. The Morgan fingerprint density at radius 2 is 2.20 bits per heavy atom. The van der Waals surface area contributed by atoms with Crippen LogP contribution < -0.4 is 10.5 Å². The molecule has 2 N–H and O–H groups in total. The third-order valence-corrected chi connectivity index (χ3v) is 2.08. The summed E-state index contributed by atoms with van der Waals surface area (Å²) in [6.45, 7) is 0.366. The van der Waals surface area contributed by atoms with Crippen LogP contribution in [0, 0.1) is 0 Å². The van der Waals surface area contributed by atoms with E-state index in [-0.39, 0.29) is 0 Å². The fraction of sp³-hybridized carbons (Fsp3) is 0.200. The summed E-state index contributed by atoms with van der Waals surface area (Å²) in [5.41, 5.74) is 6.35. The molecule has 1 aromatic carbocycles. The van der Waals surface area contributed by atoms with Crippen molar-refractivity contribution in [2.45, 2.75) is 6.61 Å². The summed E-state index contributed by atoms with van der Waals surface area (Å²) >= 11 is 0. The van der Waals surface area contributed by atoms with Crippen LogP contribution in [-0.4, -0.2) is 14.8 Å². The minimum atomic E-state index is 0.366. The monoisotopic (exact) mass is 204 g/mol. The number of ether oxygens (including phenoxy) is 1. The summed E-state index contributed by atoms with van der Waals surface area (Å²) in [5.74, 6) is 1.43. The van der Waals surface area contributed by atoms with Crippen molar-refractivity contribution in [3.05, 3.63) is 36.4 Å². The van der Waals surface area contributed by atoms with Crippen LogP contribution >= 0.6 is 0 Å². The molecule has 0 atom stereocenters. The van der Waals surface area contributed by atoms with Gasteiger partial charge < -0.3 is 15.0 Å². The third kappa shape index (κ3) is 2.07. The van der Waals surface area contributed by atoms with Gasteiger partial charge in [0.2, 0.25) is 0 Å². The van der Waals surface area contributed by atoms with Crippen LogP contribution in [0.3, 0.4) is 0 Å². The second-order valence-corrected chi connectivity index (χ2v) is 3.18. The van der Waals surface area contributed by atoms with Gasteiger partial charge in [0.1, 0.15) is 18.7 Å². The fourth-order valence-electron chi connectivity index (χ4n) is 1.19. The molecular weight excluding hydrogens is 192 g/mol. The number of aryl methyl sites for hydroxylation is 1. The van der Waals surface area contributed by atoms with Crippen molar-refractivity contribution in [1.29, 1.82) is 0 Å². The van der Waals surface area contributed by atoms with E-state index in [2.05, 4.69) is 10.2 Å². The van der Waals surface area contributed by atoms with Gasteiger partial charge >= 0.3 is 0 Å². The summed E-state index contributed by atoms with van der Waals surface area (Å²) in [6.07, 6.45) is 1.63. The number of benzene rings is 1. The summed E-state index contributed by atoms with van der Waals surface area (Å²) in [6, 6.07) is 7.37. The average molecular weight is 204 g/mol. The van der Waals surface area contributed by atoms with Gasteiger partial charge in [-0.15, -0.1) is 10.2 Å². The molecule has 5 heteroatoms. The Bertz CT molecular complexity index is 452. The van der Waals surface area contributed by atoms with Gasteiger partial charge in [0.15, 0.2) is 5.82 Å². The second kappa shape index (κ2) is 4.00. The first-order valence-corrected chi connectivity index (χ1v) is 4.57. The number of para-hydroxylation sites is 2. The van der Waals surface area contributed by atoms with Gasteiger partial charge in [-0.05, 0) is 12.1 Å². The Morgan fingerprint density at radius 3 is 2.87 bits per heavy atom. The third-order valence-electron chi connectivity index (χ3n) is 2.08. The van der Waals surface area contributed by atoms with E-state index in [1.54, 1.807) is 17.0 Å². The Hall–Kier alpha value is -2.04. The molecule has 0 aliphatic carbocycles. The lowest BCUT2D eigenvalue weighted by Crippen LogP contribution is -2.04. The lowest BCUT2D eigenvalue weighted by molar-refractivity contribution is 0.293. The molecule has 78 valence electrons. The predicted octanol–water partition coefficient (Wildman–Crippen LogP) is 0.976. The Balaban J connectivity index is 2.06. The van der Waals surface area contributed by atoms with Gasteiger partial charge in [-0.3, -0.25) is 0 Å². The zero-order valence-corrected chi connectivity index (χ0v) is 8.42. The Morgan fingerprint density at radius 1 is 1.40 bits per heavy atom. The van der Waals surface area contributed by atoms with E-state index in [4.69, 9.17) is 10.5 Å². The van der Waals surface area contributed by atoms with E-state index in [9.17, 15) is 0 Å². The summed E-state index contributed by atoms with van der Waals surface area (Å²) in [5, 5.41) is 7.67. The zero-order chi connectivity index (χ0) is 10.7. The zero-order valence-electron chi connectivity index (χ0n) is 8.42. The molecule has 0 amide bonds. The van der Waals surface area contributed by atoms with Crippen molar-refractivity contribution < 1.29 is 4.74 Å². The highest BCUT2D eigenvalue weighted by Gasteiger charge is 2.03. The normalized spacial score (nSPS) is 10.2. The number of rotatable bonds is 3. The van der Waals surface area contributed by atoms with Crippen molar-refractivity contribution in [3.8, 4) is 5.75 Å². The molecule has 0 fully saturated rings. The lowest BCUT2D eigenvalue weighted by Gasteiger charge is -2.07. The number of aromatic nitrogens is 3. The molecule has 0 spiro atoms. The molecule has 2 rings (SSSR count). The molecule has 0 bridgehead atoms. The smallest absolute Gasteiger partial charge is 0.170 e. The Labute approximate surface area is 87.5 Å². The number of nitrogen functional groups attached to an aromatic ring is 1. The molecule has 0 saturated carbocycles. The maximum atomic E-state index is 5.73. The molecule has 1 aromatic heterocycles. The molecule has 0 aliphatic heterocycles. The number of nitrogens with two attached hydrogens (primary N) is 1. The van der Waals surface area contributed by atoms with Gasteiger partial charge in [-0.25, -0.2) is 0 Å². The van der Waals surface area contributed by atoms with Gasteiger partial charge in [0.25, 0.3) is 0 Å². The van der Waals surface area contributed by atoms with Crippen molar-refractivity contribution >= 4 is 5.69 Å². The first-order valence-electron chi connectivity index (χ1n) is 4.57. The van der Waals surface area contributed by atoms with Crippen LogP contribution in [0.1, 0.15) is 5.82 Å². The highest BCUT2D eigenvalue weighted by Crippen LogP contribution is 2.20. The first-order chi connectivity index (χ1) is 7.27. The predicted molar refractivity (Wildman–Crippen MR) is 56.2 cm³/mol. The average Bonchev–Trinajstić information content (AvgIpc) is 2.63. The number of hydrogen-bond acceptors (Lipinski definition) is 4. The van der Waals surface area contributed by atoms with E-state index in [1.807, 2.05) is 25.2 Å². The van der Waals surface area contributed by atoms with Crippen molar-refractivity contribution in [2.75, 3.05) is 5.73 Å². The standard InChI is InChI=1S/C10H12N4O/c1-14-7-12-13-10(14)6-15-9-5-3-2-4-8(9)11/h2-5,7H,6,11H2,1H3. The van der Waals surface area contributed by atoms with Gasteiger partial charge in [0.05, 0.1) is 5.69 Å². The quantitative estimate of drug-likeness (QED) is 0.757. The summed E-state index contributed by atoms with van der Waals surface area (Å²) in [4.78, 5) is 0. The molecular formula is C10H12N4O. The highest BCUT2D eigenvalue weighted by atomic mass is 16.5. The molecule has 0 radical (unpaired) electrons. The molecule has 0 unspecified atom stereocenters. The number of anilines is 1. The summed E-state index contributed by atoms with van der Waals surface area (Å²) in [7, 11) is 1.87. The molecule has 0 aliphatic rings. The highest BCUT2D eigenvalue weighted by molar-refractivity contribution is 5.51. The second-order valence-electron chi connectivity index (χ2n) is 3.18. The maximum absolute atomic E-state index is 5.73. The summed E-state index contributed by atoms with van der Waals surface area (Å²) < 4.78 is 7.32. The van der Waals surface area contributed by atoms with Gasteiger partial charge in [-0.1, -0.05) is 12.1 Å². The largest absolute Gasteiger partial charge is 0.483 e. The maximum Gasteiger partial charge on any atom is 0.170 e. The number of hydrogen-bond donors (Lipinski definition) is 1. The van der Waals surface area contributed by atoms with E-state index < -0.39 is 0 Å². The van der Waals surface area contributed by atoms with Gasteiger partial charge in [0, 0.05) is 7.05 Å². The van der Waals surface area contributed by atoms with Crippen LogP contribution in [0.15, 0.2) is 30.6 Å². The topological polar surface area (TPSA) is 66.0 Å². The SMILES string of the molecule is Cn1cnnc1COc1ccccc1N.